The Bertz CT molecular complexity index is 941. The van der Waals surface area contributed by atoms with Gasteiger partial charge in [-0.2, -0.15) is 0 Å². The zero-order valence-electron chi connectivity index (χ0n) is 18.4. The normalized spacial score (nSPS) is 18.4. The molecule has 1 atom stereocenters. The molecule has 3 heterocycles. The third-order valence-electron chi connectivity index (χ3n) is 6.09. The number of aliphatic hydroxyl groups excluding tert-OH is 1. The van der Waals surface area contributed by atoms with Crippen molar-refractivity contribution >= 4 is 11.9 Å². The lowest BCUT2D eigenvalue weighted by Gasteiger charge is -2.44. The SMILES string of the molecule is Cc1ccccc1OCC(O)C(=O)N1CCC2(CC1)OCCc1cnc(N(C)C)nc12. The molecule has 1 aromatic carbocycles. The minimum Gasteiger partial charge on any atom is -0.490 e. The summed E-state index contributed by atoms with van der Waals surface area (Å²) in [5, 5.41) is 10.4. The first kappa shape index (κ1) is 21.5. The summed E-state index contributed by atoms with van der Waals surface area (Å²) in [4.78, 5) is 25.6. The number of likely N-dealkylation sites (tertiary alicyclic amines) is 1. The second-order valence-corrected chi connectivity index (χ2v) is 8.45. The number of rotatable bonds is 5. The molecule has 8 heteroatoms. The van der Waals surface area contributed by atoms with Gasteiger partial charge in [-0.1, -0.05) is 18.2 Å². The Balaban J connectivity index is 1.40. The number of nitrogens with zero attached hydrogens (tertiary/aromatic N) is 4. The molecule has 1 N–H and O–H groups in total. The van der Waals surface area contributed by atoms with Gasteiger partial charge in [-0.25, -0.2) is 9.97 Å². The molecule has 0 aliphatic carbocycles. The van der Waals surface area contributed by atoms with Gasteiger partial charge >= 0.3 is 0 Å². The molecule has 8 nitrogen and oxygen atoms in total. The zero-order valence-corrected chi connectivity index (χ0v) is 18.4. The number of carbonyl (C=O) groups is 1. The first-order chi connectivity index (χ1) is 14.9. The maximum atomic E-state index is 12.8. The molecule has 0 saturated carbocycles. The number of carbonyl (C=O) groups excluding carboxylic acids is 1. The maximum Gasteiger partial charge on any atom is 0.254 e. The van der Waals surface area contributed by atoms with Gasteiger partial charge in [0.25, 0.3) is 5.91 Å². The van der Waals surface area contributed by atoms with Crippen LogP contribution in [0.2, 0.25) is 0 Å². The number of benzene rings is 1. The summed E-state index contributed by atoms with van der Waals surface area (Å²) in [6.45, 7) is 3.49. The number of anilines is 1. The maximum absolute atomic E-state index is 12.8. The van der Waals surface area contributed by atoms with Crippen LogP contribution in [0.15, 0.2) is 30.5 Å². The molecular weight excluding hydrogens is 396 g/mol. The third kappa shape index (κ3) is 4.36. The predicted molar refractivity (Wildman–Crippen MR) is 116 cm³/mol. The first-order valence-corrected chi connectivity index (χ1v) is 10.7. The van der Waals surface area contributed by atoms with Crippen LogP contribution in [0.3, 0.4) is 0 Å². The fourth-order valence-electron chi connectivity index (χ4n) is 4.25. The van der Waals surface area contributed by atoms with Crippen molar-refractivity contribution in [3.8, 4) is 5.75 Å². The highest BCUT2D eigenvalue weighted by Gasteiger charge is 2.44. The summed E-state index contributed by atoms with van der Waals surface area (Å²) in [6.07, 6.45) is 2.77. The van der Waals surface area contributed by atoms with Crippen LogP contribution in [0, 0.1) is 6.92 Å². The van der Waals surface area contributed by atoms with Crippen molar-refractivity contribution in [2.24, 2.45) is 0 Å². The Hall–Kier alpha value is -2.71. The number of aliphatic hydroxyl groups is 1. The predicted octanol–water partition coefficient (Wildman–Crippen LogP) is 1.68. The second kappa shape index (κ2) is 8.80. The van der Waals surface area contributed by atoms with E-state index in [1.54, 1.807) is 4.90 Å². The molecule has 2 aromatic rings. The van der Waals surface area contributed by atoms with Crippen LogP contribution < -0.4 is 9.64 Å². The second-order valence-electron chi connectivity index (χ2n) is 8.45. The van der Waals surface area contributed by atoms with Gasteiger partial charge in [-0.15, -0.1) is 0 Å². The molecule has 2 aliphatic heterocycles. The van der Waals surface area contributed by atoms with E-state index >= 15 is 0 Å². The lowest BCUT2D eigenvalue weighted by molar-refractivity contribution is -0.150. The average Bonchev–Trinajstić information content (AvgIpc) is 2.78. The molecule has 166 valence electrons. The minimum atomic E-state index is -1.20. The van der Waals surface area contributed by atoms with E-state index < -0.39 is 11.7 Å². The van der Waals surface area contributed by atoms with E-state index in [2.05, 4.69) is 4.98 Å². The van der Waals surface area contributed by atoms with E-state index in [0.29, 0.717) is 44.2 Å². The molecule has 1 unspecified atom stereocenters. The van der Waals surface area contributed by atoms with E-state index in [1.807, 2.05) is 56.4 Å². The smallest absolute Gasteiger partial charge is 0.254 e. The summed E-state index contributed by atoms with van der Waals surface area (Å²) in [5.41, 5.74) is 2.52. The van der Waals surface area contributed by atoms with Crippen molar-refractivity contribution in [2.45, 2.75) is 37.9 Å². The van der Waals surface area contributed by atoms with Crippen molar-refractivity contribution in [1.82, 2.24) is 14.9 Å². The average molecular weight is 427 g/mol. The molecule has 31 heavy (non-hydrogen) atoms. The Morgan fingerprint density at radius 3 is 2.77 bits per heavy atom. The lowest BCUT2D eigenvalue weighted by Crippen LogP contribution is -2.51. The van der Waals surface area contributed by atoms with Crippen LogP contribution in [0.5, 0.6) is 5.75 Å². The molecular formula is C23H30N4O4. The summed E-state index contributed by atoms with van der Waals surface area (Å²) in [7, 11) is 3.83. The van der Waals surface area contributed by atoms with Gasteiger partial charge in [0, 0.05) is 33.4 Å². The number of aryl methyl sites for hydroxylation is 1. The highest BCUT2D eigenvalue weighted by Crippen LogP contribution is 2.40. The molecule has 0 bridgehead atoms. The molecule has 1 spiro atoms. The number of hydrogen-bond donors (Lipinski definition) is 1. The topological polar surface area (TPSA) is 88.0 Å². The van der Waals surface area contributed by atoms with Gasteiger partial charge in [0.05, 0.1) is 12.3 Å². The zero-order chi connectivity index (χ0) is 22.0. The largest absolute Gasteiger partial charge is 0.490 e. The number of para-hydroxylation sites is 1. The van der Waals surface area contributed by atoms with Crippen LogP contribution in [0.4, 0.5) is 5.95 Å². The molecule has 0 radical (unpaired) electrons. The van der Waals surface area contributed by atoms with Crippen LogP contribution in [0.25, 0.3) is 0 Å². The number of piperidine rings is 1. The highest BCUT2D eigenvalue weighted by molar-refractivity contribution is 5.81. The standard InChI is InChI=1S/C23H30N4O4/c1-16-6-4-5-7-19(16)30-15-18(28)21(29)27-11-9-23(10-12-27)20-17(8-13-31-23)14-24-22(25-20)26(2)3/h4-7,14,18,28H,8-13,15H2,1-3H3. The fraction of sp³-hybridized carbons (Fsp3) is 0.522. The lowest BCUT2D eigenvalue weighted by atomic mass is 9.83. The molecule has 1 aromatic heterocycles. The van der Waals surface area contributed by atoms with E-state index in [-0.39, 0.29) is 12.5 Å². The van der Waals surface area contributed by atoms with Gasteiger partial charge < -0.3 is 24.4 Å². The van der Waals surface area contributed by atoms with Crippen LogP contribution in [-0.4, -0.2) is 72.4 Å². The Labute approximate surface area is 182 Å². The number of amides is 1. The van der Waals surface area contributed by atoms with Crippen molar-refractivity contribution in [3.63, 3.8) is 0 Å². The highest BCUT2D eigenvalue weighted by atomic mass is 16.5. The number of fused-ring (bicyclic) bond motifs is 2. The summed E-state index contributed by atoms with van der Waals surface area (Å²) in [6, 6.07) is 7.55. The van der Waals surface area contributed by atoms with E-state index in [0.717, 1.165) is 23.2 Å². The van der Waals surface area contributed by atoms with Gasteiger partial charge in [0.1, 0.15) is 18.0 Å². The quantitative estimate of drug-likeness (QED) is 0.778. The van der Waals surface area contributed by atoms with E-state index in [1.165, 1.54) is 0 Å². The Kier molecular flexibility index (Phi) is 6.11. The summed E-state index contributed by atoms with van der Waals surface area (Å²) in [5.74, 6) is 1.03. The number of hydrogen-bond acceptors (Lipinski definition) is 7. The van der Waals surface area contributed by atoms with E-state index in [4.69, 9.17) is 14.5 Å². The summed E-state index contributed by atoms with van der Waals surface area (Å²) >= 11 is 0. The van der Waals surface area contributed by atoms with Crippen LogP contribution >= 0.6 is 0 Å². The minimum absolute atomic E-state index is 0.0654. The van der Waals surface area contributed by atoms with Crippen molar-refractivity contribution in [1.29, 1.82) is 0 Å². The Morgan fingerprint density at radius 1 is 1.32 bits per heavy atom. The first-order valence-electron chi connectivity index (χ1n) is 10.7. The van der Waals surface area contributed by atoms with Crippen molar-refractivity contribution in [3.05, 3.63) is 47.3 Å². The summed E-state index contributed by atoms with van der Waals surface area (Å²) < 4.78 is 11.9. The fourth-order valence-corrected chi connectivity index (χ4v) is 4.25. The molecule has 1 amide bonds. The van der Waals surface area contributed by atoms with Crippen LogP contribution in [-0.2, 0) is 21.6 Å². The van der Waals surface area contributed by atoms with Crippen LogP contribution in [0.1, 0.15) is 29.7 Å². The van der Waals surface area contributed by atoms with Gasteiger partial charge in [-0.3, -0.25) is 4.79 Å². The monoisotopic (exact) mass is 426 g/mol. The third-order valence-corrected chi connectivity index (χ3v) is 6.09. The Morgan fingerprint density at radius 2 is 2.06 bits per heavy atom. The molecule has 2 aliphatic rings. The van der Waals surface area contributed by atoms with Gasteiger partial charge in [0.15, 0.2) is 6.10 Å². The molecule has 1 saturated heterocycles. The molecule has 4 rings (SSSR count). The van der Waals surface area contributed by atoms with Gasteiger partial charge in [0.2, 0.25) is 5.95 Å². The molecule has 1 fully saturated rings. The van der Waals surface area contributed by atoms with Crippen molar-refractivity contribution < 1.29 is 19.4 Å². The van der Waals surface area contributed by atoms with Gasteiger partial charge in [-0.05, 0) is 43.4 Å². The number of aromatic nitrogens is 2. The van der Waals surface area contributed by atoms with Crippen molar-refractivity contribution in [2.75, 3.05) is 45.3 Å². The number of ether oxygens (including phenoxy) is 2. The van der Waals surface area contributed by atoms with E-state index in [9.17, 15) is 9.90 Å².